The zero-order valence-electron chi connectivity index (χ0n) is 15.5. The fraction of sp³-hybridized carbons (Fsp3) is 0.182. The molecule has 30 heavy (non-hydrogen) atoms. The van der Waals surface area contributed by atoms with Gasteiger partial charge in [-0.15, -0.1) is 0 Å². The Kier molecular flexibility index (Phi) is 5.03. The average molecular weight is 416 g/mol. The van der Waals surface area contributed by atoms with Crippen molar-refractivity contribution in [1.29, 1.82) is 0 Å². The summed E-state index contributed by atoms with van der Waals surface area (Å²) < 4.78 is 56.4. The van der Waals surface area contributed by atoms with Crippen LogP contribution in [0.5, 0.6) is 0 Å². The number of benzene rings is 2. The SMILES string of the molecule is O=C(Nc1ccc(F)cc1)C1(c2ccc(-c3ccc(C(F)(F)F)nc3)cc2)COC1. The van der Waals surface area contributed by atoms with E-state index in [-0.39, 0.29) is 19.1 Å². The van der Waals surface area contributed by atoms with Gasteiger partial charge < -0.3 is 10.1 Å². The number of alkyl halides is 3. The van der Waals surface area contributed by atoms with E-state index in [0.29, 0.717) is 16.8 Å². The summed E-state index contributed by atoms with van der Waals surface area (Å²) in [6.45, 7) is 0.391. The van der Waals surface area contributed by atoms with E-state index in [0.717, 1.165) is 11.6 Å². The topological polar surface area (TPSA) is 51.2 Å². The number of hydrogen-bond donors (Lipinski definition) is 1. The van der Waals surface area contributed by atoms with Crippen LogP contribution in [0, 0.1) is 5.82 Å². The van der Waals surface area contributed by atoms with Gasteiger partial charge in [0.1, 0.15) is 16.9 Å². The Morgan fingerprint density at radius 1 is 0.933 bits per heavy atom. The molecule has 1 saturated heterocycles. The van der Waals surface area contributed by atoms with Crippen LogP contribution in [0.15, 0.2) is 66.9 Å². The normalized spacial score (nSPS) is 15.3. The van der Waals surface area contributed by atoms with E-state index in [1.807, 2.05) is 0 Å². The summed E-state index contributed by atoms with van der Waals surface area (Å²) in [6, 6.07) is 14.7. The molecule has 1 aliphatic rings. The number of hydrogen-bond acceptors (Lipinski definition) is 3. The number of pyridine rings is 1. The van der Waals surface area contributed by atoms with Gasteiger partial charge in [-0.3, -0.25) is 9.78 Å². The van der Waals surface area contributed by atoms with Crippen molar-refractivity contribution in [3.05, 3.63) is 83.9 Å². The summed E-state index contributed by atoms with van der Waals surface area (Å²) in [7, 11) is 0. The zero-order chi connectivity index (χ0) is 21.4. The number of amides is 1. The van der Waals surface area contributed by atoms with Crippen molar-refractivity contribution in [2.75, 3.05) is 18.5 Å². The molecule has 1 aromatic heterocycles. The van der Waals surface area contributed by atoms with Gasteiger partial charge in [-0.1, -0.05) is 30.3 Å². The lowest BCUT2D eigenvalue weighted by Gasteiger charge is -2.40. The smallest absolute Gasteiger partial charge is 0.378 e. The first kappa shape index (κ1) is 20.0. The molecule has 154 valence electrons. The molecular weight excluding hydrogens is 400 g/mol. The summed E-state index contributed by atoms with van der Waals surface area (Å²) in [5.41, 5.74) is 0.562. The van der Waals surface area contributed by atoms with E-state index in [1.165, 1.54) is 36.5 Å². The van der Waals surface area contributed by atoms with E-state index in [9.17, 15) is 22.4 Å². The molecule has 2 aromatic carbocycles. The second-order valence-corrected chi connectivity index (χ2v) is 7.04. The Labute approximate surface area is 169 Å². The molecule has 0 aliphatic carbocycles. The minimum Gasteiger partial charge on any atom is -0.378 e. The summed E-state index contributed by atoms with van der Waals surface area (Å²) in [5.74, 6) is -0.674. The highest BCUT2D eigenvalue weighted by atomic mass is 19.4. The molecule has 1 fully saturated rings. The predicted molar refractivity (Wildman–Crippen MR) is 102 cm³/mol. The molecule has 8 heteroatoms. The van der Waals surface area contributed by atoms with Crippen molar-refractivity contribution >= 4 is 11.6 Å². The lowest BCUT2D eigenvalue weighted by molar-refractivity contribution is -0.141. The van der Waals surface area contributed by atoms with Crippen LogP contribution in [-0.4, -0.2) is 24.1 Å². The van der Waals surface area contributed by atoms with Crippen molar-refractivity contribution in [2.24, 2.45) is 0 Å². The molecule has 0 bridgehead atoms. The average Bonchev–Trinajstić information content (AvgIpc) is 2.69. The van der Waals surface area contributed by atoms with Gasteiger partial charge in [0.25, 0.3) is 0 Å². The largest absolute Gasteiger partial charge is 0.433 e. The molecule has 1 amide bonds. The molecule has 0 radical (unpaired) electrons. The molecule has 0 spiro atoms. The highest BCUT2D eigenvalue weighted by Gasteiger charge is 2.47. The van der Waals surface area contributed by atoms with Gasteiger partial charge in [-0.25, -0.2) is 4.39 Å². The van der Waals surface area contributed by atoms with Gasteiger partial charge in [0, 0.05) is 17.4 Å². The molecule has 0 atom stereocenters. The minimum absolute atomic E-state index is 0.196. The van der Waals surface area contributed by atoms with Crippen LogP contribution in [0.4, 0.5) is 23.2 Å². The molecule has 0 unspecified atom stereocenters. The first-order valence-electron chi connectivity index (χ1n) is 9.07. The minimum atomic E-state index is -4.49. The van der Waals surface area contributed by atoms with Crippen molar-refractivity contribution in [1.82, 2.24) is 4.98 Å². The van der Waals surface area contributed by atoms with E-state index in [4.69, 9.17) is 4.74 Å². The van der Waals surface area contributed by atoms with Crippen LogP contribution >= 0.6 is 0 Å². The van der Waals surface area contributed by atoms with Gasteiger partial charge in [0.2, 0.25) is 5.91 Å². The molecule has 0 saturated carbocycles. The van der Waals surface area contributed by atoms with Gasteiger partial charge in [0.05, 0.1) is 13.2 Å². The summed E-state index contributed by atoms with van der Waals surface area (Å²) in [4.78, 5) is 16.4. The fourth-order valence-corrected chi connectivity index (χ4v) is 3.23. The molecule has 4 rings (SSSR count). The third kappa shape index (κ3) is 3.78. The molecular formula is C22H16F4N2O2. The monoisotopic (exact) mass is 416 g/mol. The number of halogens is 4. The molecule has 3 aromatic rings. The van der Waals surface area contributed by atoms with Crippen molar-refractivity contribution in [3.63, 3.8) is 0 Å². The number of carbonyl (C=O) groups excluding carboxylic acids is 1. The Morgan fingerprint density at radius 2 is 1.57 bits per heavy atom. The van der Waals surface area contributed by atoms with Gasteiger partial charge in [-0.05, 0) is 41.5 Å². The standard InChI is InChI=1S/C22H16F4N2O2/c23-17-6-8-18(9-7-17)28-20(29)21(12-30-13-21)16-4-1-14(2-5-16)15-3-10-19(27-11-15)22(24,25)26/h1-11H,12-13H2,(H,28,29). The van der Waals surface area contributed by atoms with Crippen molar-refractivity contribution in [3.8, 4) is 11.1 Å². The van der Waals surface area contributed by atoms with Crippen LogP contribution in [0.2, 0.25) is 0 Å². The number of carbonyl (C=O) groups is 1. The quantitative estimate of drug-likeness (QED) is 0.621. The first-order valence-corrected chi connectivity index (χ1v) is 9.07. The van der Waals surface area contributed by atoms with Crippen molar-refractivity contribution in [2.45, 2.75) is 11.6 Å². The second kappa shape index (κ2) is 7.53. The third-order valence-corrected chi connectivity index (χ3v) is 5.06. The number of nitrogens with zero attached hydrogens (tertiary/aromatic N) is 1. The summed E-state index contributed by atoms with van der Waals surface area (Å²) in [6.07, 6.45) is -3.32. The van der Waals surface area contributed by atoms with Crippen LogP contribution in [-0.2, 0) is 21.1 Å². The number of aromatic nitrogens is 1. The van der Waals surface area contributed by atoms with E-state index in [2.05, 4.69) is 10.3 Å². The van der Waals surface area contributed by atoms with E-state index in [1.54, 1.807) is 24.3 Å². The highest BCUT2D eigenvalue weighted by molar-refractivity contribution is 6.00. The maximum Gasteiger partial charge on any atom is 0.433 e. The third-order valence-electron chi connectivity index (χ3n) is 5.06. The summed E-state index contributed by atoms with van der Waals surface area (Å²) >= 11 is 0. The zero-order valence-corrected chi connectivity index (χ0v) is 15.5. The van der Waals surface area contributed by atoms with Gasteiger partial charge >= 0.3 is 6.18 Å². The number of nitrogens with one attached hydrogen (secondary N) is 1. The highest BCUT2D eigenvalue weighted by Crippen LogP contribution is 2.35. The molecule has 1 N–H and O–H groups in total. The predicted octanol–water partition coefficient (Wildman–Crippen LogP) is 4.81. The van der Waals surface area contributed by atoms with Gasteiger partial charge in [-0.2, -0.15) is 13.2 Å². The lowest BCUT2D eigenvalue weighted by atomic mass is 9.77. The Morgan fingerprint density at radius 3 is 2.07 bits per heavy atom. The number of rotatable bonds is 4. The second-order valence-electron chi connectivity index (χ2n) is 7.04. The molecule has 1 aliphatic heterocycles. The molecule has 2 heterocycles. The fourth-order valence-electron chi connectivity index (χ4n) is 3.23. The molecule has 4 nitrogen and oxygen atoms in total. The maximum atomic E-state index is 13.1. The van der Waals surface area contributed by atoms with E-state index >= 15 is 0 Å². The lowest BCUT2D eigenvalue weighted by Crippen LogP contribution is -2.55. The van der Waals surface area contributed by atoms with Crippen LogP contribution in [0.1, 0.15) is 11.3 Å². The van der Waals surface area contributed by atoms with Crippen molar-refractivity contribution < 1.29 is 27.1 Å². The maximum absolute atomic E-state index is 13.1. The first-order chi connectivity index (χ1) is 14.3. The Hall–Kier alpha value is -3.26. The summed E-state index contributed by atoms with van der Waals surface area (Å²) in [5, 5.41) is 2.77. The van der Waals surface area contributed by atoms with Gasteiger partial charge in [0.15, 0.2) is 0 Å². The Balaban J connectivity index is 1.54. The number of ether oxygens (including phenoxy) is 1. The number of anilines is 1. The Bertz CT molecular complexity index is 1040. The van der Waals surface area contributed by atoms with E-state index < -0.39 is 23.1 Å². The van der Waals surface area contributed by atoms with Crippen LogP contribution in [0.25, 0.3) is 11.1 Å². The van der Waals surface area contributed by atoms with Crippen LogP contribution < -0.4 is 5.32 Å². The van der Waals surface area contributed by atoms with Crippen LogP contribution in [0.3, 0.4) is 0 Å².